The van der Waals surface area contributed by atoms with Crippen LogP contribution < -0.4 is 4.74 Å². The van der Waals surface area contributed by atoms with Gasteiger partial charge in [-0.2, -0.15) is 9.78 Å². The summed E-state index contributed by atoms with van der Waals surface area (Å²) in [6, 6.07) is 12.4. The Bertz CT molecular complexity index is 905. The highest BCUT2D eigenvalue weighted by Crippen LogP contribution is 2.39. The smallest absolute Gasteiger partial charge is 0.230 e. The Morgan fingerprint density at radius 1 is 1.17 bits per heavy atom. The molecule has 4 nitrogen and oxygen atoms in total. The Morgan fingerprint density at radius 3 is 2.54 bits per heavy atom. The maximum absolute atomic E-state index is 9.81. The number of aryl methyl sites for hydroxylation is 1. The number of phenolic OH excluding ortho intramolecular Hbond substituents is 1. The van der Waals surface area contributed by atoms with Gasteiger partial charge in [0.05, 0.1) is 27.0 Å². The fourth-order valence-corrected chi connectivity index (χ4v) is 2.72. The lowest BCUT2D eigenvalue weighted by molar-refractivity contribution is 0.433. The Hall–Kier alpha value is -2.43. The number of phenols is 1. The second kappa shape index (κ2) is 6.59. The summed E-state index contributed by atoms with van der Waals surface area (Å²) in [5.74, 6) is 0.620. The predicted octanol–water partition coefficient (Wildman–Crippen LogP) is 5.63. The number of nitrogens with zero attached hydrogens (tertiary/aromatic N) is 2. The normalized spacial score (nSPS) is 10.6. The second-order valence-corrected chi connectivity index (χ2v) is 5.91. The van der Waals surface area contributed by atoms with Crippen molar-refractivity contribution in [3.63, 3.8) is 0 Å². The monoisotopic (exact) mass is 360 g/mol. The van der Waals surface area contributed by atoms with Crippen LogP contribution in [-0.4, -0.2) is 14.9 Å². The average Bonchev–Trinajstić information content (AvgIpc) is 2.89. The van der Waals surface area contributed by atoms with Gasteiger partial charge in [0.15, 0.2) is 5.75 Å². The Morgan fingerprint density at radius 2 is 1.88 bits per heavy atom. The lowest BCUT2D eigenvalue weighted by atomic mass is 10.2. The van der Waals surface area contributed by atoms with Crippen LogP contribution in [0, 0.1) is 6.92 Å². The van der Waals surface area contributed by atoms with Crippen molar-refractivity contribution in [3.05, 3.63) is 70.3 Å². The van der Waals surface area contributed by atoms with Gasteiger partial charge in [-0.1, -0.05) is 54.1 Å². The van der Waals surface area contributed by atoms with Crippen LogP contribution in [0.2, 0.25) is 10.0 Å². The summed E-state index contributed by atoms with van der Waals surface area (Å²) in [5, 5.41) is 14.8. The Labute approximate surface area is 149 Å². The van der Waals surface area contributed by atoms with Crippen LogP contribution in [0.4, 0.5) is 0 Å². The van der Waals surface area contributed by atoms with Gasteiger partial charge in [0.25, 0.3) is 0 Å². The molecule has 0 fully saturated rings. The minimum absolute atomic E-state index is 0.112. The predicted molar refractivity (Wildman–Crippen MR) is 96.6 cm³/mol. The minimum atomic E-state index is -0.112. The molecule has 0 spiro atoms. The van der Waals surface area contributed by atoms with E-state index in [9.17, 15) is 5.11 Å². The first-order valence-electron chi connectivity index (χ1n) is 7.14. The molecule has 0 radical (unpaired) electrons. The number of ether oxygens (including phenoxy) is 1. The molecule has 3 aromatic rings. The van der Waals surface area contributed by atoms with Crippen LogP contribution in [0.5, 0.6) is 17.4 Å². The first-order valence-corrected chi connectivity index (χ1v) is 7.90. The third kappa shape index (κ3) is 2.98. The van der Waals surface area contributed by atoms with E-state index >= 15 is 0 Å². The van der Waals surface area contributed by atoms with Crippen LogP contribution in [0.3, 0.4) is 0 Å². The maximum Gasteiger partial charge on any atom is 0.230 e. The van der Waals surface area contributed by atoms with Gasteiger partial charge in [0, 0.05) is 6.07 Å². The summed E-state index contributed by atoms with van der Waals surface area (Å²) in [4.78, 5) is 0. The molecule has 0 bridgehead atoms. The molecule has 6 heteroatoms. The van der Waals surface area contributed by atoms with Gasteiger partial charge in [-0.25, -0.2) is 0 Å². The summed E-state index contributed by atoms with van der Waals surface area (Å²) < 4.78 is 7.61. The van der Waals surface area contributed by atoms with Crippen molar-refractivity contribution in [1.29, 1.82) is 0 Å². The van der Waals surface area contributed by atoms with Crippen LogP contribution in [0.1, 0.15) is 11.3 Å². The average molecular weight is 361 g/mol. The highest BCUT2D eigenvalue weighted by atomic mass is 35.5. The van der Waals surface area contributed by atoms with Gasteiger partial charge < -0.3 is 9.84 Å². The lowest BCUT2D eigenvalue weighted by Gasteiger charge is -2.12. The van der Waals surface area contributed by atoms with E-state index in [1.807, 2.05) is 37.3 Å². The highest BCUT2D eigenvalue weighted by molar-refractivity contribution is 6.36. The molecule has 3 rings (SSSR count). The number of para-hydroxylation sites is 1. The standard InChI is InChI=1S/C18H14Cl2N2O2/c1-3-13-11(2)21-22(12-7-5-4-6-8-12)18(13)24-17-10-16(23)14(19)9-15(17)20/h3-10,23H,1H2,2H3. The zero-order valence-electron chi connectivity index (χ0n) is 12.8. The topological polar surface area (TPSA) is 47.3 Å². The lowest BCUT2D eigenvalue weighted by Crippen LogP contribution is -2.00. The fraction of sp³-hybridized carbons (Fsp3) is 0.0556. The van der Waals surface area contributed by atoms with Crippen LogP contribution >= 0.6 is 23.2 Å². The third-order valence-corrected chi connectivity index (χ3v) is 4.07. The number of halogens is 2. The van der Waals surface area contributed by atoms with Gasteiger partial charge in [0.2, 0.25) is 5.88 Å². The van der Waals surface area contributed by atoms with Crippen molar-refractivity contribution in [2.75, 3.05) is 0 Å². The fourth-order valence-electron chi connectivity index (χ4n) is 2.30. The van der Waals surface area contributed by atoms with E-state index in [1.54, 1.807) is 10.8 Å². The van der Waals surface area contributed by atoms with Crippen molar-refractivity contribution in [2.24, 2.45) is 0 Å². The largest absolute Gasteiger partial charge is 0.506 e. The molecular weight excluding hydrogens is 347 g/mol. The molecule has 122 valence electrons. The van der Waals surface area contributed by atoms with Gasteiger partial charge in [-0.15, -0.1) is 0 Å². The summed E-state index contributed by atoms with van der Waals surface area (Å²) in [7, 11) is 0. The molecule has 0 aliphatic rings. The molecule has 1 N–H and O–H groups in total. The molecule has 0 saturated carbocycles. The van der Waals surface area contributed by atoms with E-state index in [2.05, 4.69) is 11.7 Å². The number of aromatic nitrogens is 2. The first kappa shape index (κ1) is 16.4. The van der Waals surface area contributed by atoms with Gasteiger partial charge >= 0.3 is 0 Å². The third-order valence-electron chi connectivity index (χ3n) is 3.48. The molecule has 24 heavy (non-hydrogen) atoms. The number of rotatable bonds is 4. The van der Waals surface area contributed by atoms with Crippen molar-refractivity contribution < 1.29 is 9.84 Å². The Balaban J connectivity index is 2.14. The molecule has 0 amide bonds. The molecule has 0 unspecified atom stereocenters. The Kier molecular flexibility index (Phi) is 4.51. The molecule has 0 aliphatic heterocycles. The zero-order chi connectivity index (χ0) is 17.3. The number of aromatic hydroxyl groups is 1. The van der Waals surface area contributed by atoms with Crippen molar-refractivity contribution in [2.45, 2.75) is 6.92 Å². The number of hydrogen-bond donors (Lipinski definition) is 1. The van der Waals surface area contributed by atoms with E-state index in [0.29, 0.717) is 5.88 Å². The highest BCUT2D eigenvalue weighted by Gasteiger charge is 2.18. The van der Waals surface area contributed by atoms with E-state index < -0.39 is 0 Å². The van der Waals surface area contributed by atoms with Crippen molar-refractivity contribution in [3.8, 4) is 23.1 Å². The molecular formula is C18H14Cl2N2O2. The maximum atomic E-state index is 9.81. The van der Waals surface area contributed by atoms with Crippen LogP contribution in [0.15, 0.2) is 49.0 Å². The molecule has 1 aromatic heterocycles. The van der Waals surface area contributed by atoms with Crippen molar-refractivity contribution >= 4 is 29.3 Å². The minimum Gasteiger partial charge on any atom is -0.506 e. The molecule has 0 atom stereocenters. The van der Waals surface area contributed by atoms with E-state index in [0.717, 1.165) is 16.9 Å². The van der Waals surface area contributed by atoms with Gasteiger partial charge in [-0.3, -0.25) is 0 Å². The van der Waals surface area contributed by atoms with Crippen molar-refractivity contribution in [1.82, 2.24) is 9.78 Å². The molecule has 2 aromatic carbocycles. The van der Waals surface area contributed by atoms with Gasteiger partial charge in [-0.05, 0) is 25.1 Å². The first-order chi connectivity index (χ1) is 11.5. The summed E-state index contributed by atoms with van der Waals surface area (Å²) in [6.45, 7) is 5.68. The number of benzene rings is 2. The molecule has 0 aliphatic carbocycles. The molecule has 1 heterocycles. The SMILES string of the molecule is C=Cc1c(C)nn(-c2ccccc2)c1Oc1cc(O)c(Cl)cc1Cl. The van der Waals surface area contributed by atoms with Gasteiger partial charge in [0.1, 0.15) is 5.75 Å². The zero-order valence-corrected chi connectivity index (χ0v) is 14.3. The van der Waals surface area contributed by atoms with E-state index in [4.69, 9.17) is 27.9 Å². The van der Waals surface area contributed by atoms with E-state index in [-0.39, 0.29) is 21.5 Å². The van der Waals surface area contributed by atoms with Crippen LogP contribution in [0.25, 0.3) is 11.8 Å². The second-order valence-electron chi connectivity index (χ2n) is 5.09. The quantitative estimate of drug-likeness (QED) is 0.655. The van der Waals surface area contributed by atoms with E-state index in [1.165, 1.54) is 12.1 Å². The summed E-state index contributed by atoms with van der Waals surface area (Å²) in [6.07, 6.45) is 1.67. The van der Waals surface area contributed by atoms with Crippen LogP contribution in [-0.2, 0) is 0 Å². The number of hydrogen-bond acceptors (Lipinski definition) is 3. The summed E-state index contributed by atoms with van der Waals surface area (Å²) in [5.41, 5.74) is 2.33. The summed E-state index contributed by atoms with van der Waals surface area (Å²) >= 11 is 12.0. The molecule has 0 saturated heterocycles.